The molecule has 1 aromatic rings. The van der Waals surface area contributed by atoms with Crippen molar-refractivity contribution in [2.24, 2.45) is 0 Å². The molecule has 0 saturated heterocycles. The average Bonchev–Trinajstić information content (AvgIpc) is 2.69. The topological polar surface area (TPSA) is 63.1 Å². The molecule has 0 fully saturated rings. The van der Waals surface area contributed by atoms with E-state index in [-0.39, 0.29) is 12.1 Å². The van der Waals surface area contributed by atoms with Crippen LogP contribution in [0.4, 0.5) is 0 Å². The monoisotopic (exact) mass is 301 g/mol. The van der Waals surface area contributed by atoms with Crippen LogP contribution in [0.25, 0.3) is 0 Å². The highest BCUT2D eigenvalue weighted by Gasteiger charge is 2.20. The number of nitrogens with one attached hydrogen (secondary N) is 2. The molecule has 5 nitrogen and oxygen atoms in total. The molecular weight excluding hydrogens is 274 g/mol. The molecule has 0 saturated carbocycles. The van der Waals surface area contributed by atoms with Gasteiger partial charge in [-0.3, -0.25) is 0 Å². The minimum atomic E-state index is -3.43. The third-order valence-corrected chi connectivity index (χ3v) is 4.48. The number of nitrogens with zero attached hydrogens (tertiary/aromatic N) is 1. The van der Waals surface area contributed by atoms with Gasteiger partial charge in [-0.25, -0.2) is 13.1 Å². The number of aromatic nitrogens is 1. The van der Waals surface area contributed by atoms with E-state index in [0.717, 1.165) is 5.69 Å². The number of hydrogen-bond acceptors (Lipinski definition) is 3. The normalized spacial score (nSPS) is 12.8. The standard InChI is InChI=1S/C14H27N3O2S/c1-10(2)15-8-13-7-14(9-17(13)12(5)6)20(18,19)16-11(3)4/h7,9-12,15-16H,8H2,1-6H3. The Hall–Kier alpha value is -0.850. The molecule has 0 spiro atoms. The summed E-state index contributed by atoms with van der Waals surface area (Å²) >= 11 is 0. The van der Waals surface area contributed by atoms with Crippen LogP contribution in [0.1, 0.15) is 53.3 Å². The lowest BCUT2D eigenvalue weighted by Crippen LogP contribution is -2.30. The van der Waals surface area contributed by atoms with Crippen molar-refractivity contribution >= 4 is 10.0 Å². The first kappa shape index (κ1) is 17.2. The summed E-state index contributed by atoms with van der Waals surface area (Å²) in [7, 11) is -3.43. The number of rotatable bonds is 7. The third kappa shape index (κ3) is 4.61. The van der Waals surface area contributed by atoms with Gasteiger partial charge in [-0.15, -0.1) is 0 Å². The summed E-state index contributed by atoms with van der Waals surface area (Å²) < 4.78 is 29.1. The van der Waals surface area contributed by atoms with Gasteiger partial charge in [0.2, 0.25) is 10.0 Å². The van der Waals surface area contributed by atoms with Crippen LogP contribution in [-0.2, 0) is 16.6 Å². The average molecular weight is 301 g/mol. The Balaban J connectivity index is 3.08. The van der Waals surface area contributed by atoms with Gasteiger partial charge in [0.1, 0.15) is 0 Å². The maximum atomic E-state index is 12.2. The molecule has 0 radical (unpaired) electrons. The molecular formula is C14H27N3O2S. The van der Waals surface area contributed by atoms with Crippen LogP contribution in [-0.4, -0.2) is 25.1 Å². The molecule has 0 amide bonds. The van der Waals surface area contributed by atoms with Gasteiger partial charge in [-0.2, -0.15) is 0 Å². The van der Waals surface area contributed by atoms with Gasteiger partial charge in [0.25, 0.3) is 0 Å². The van der Waals surface area contributed by atoms with Gasteiger partial charge < -0.3 is 9.88 Å². The van der Waals surface area contributed by atoms with Crippen LogP contribution in [0.2, 0.25) is 0 Å². The van der Waals surface area contributed by atoms with Crippen LogP contribution in [0.3, 0.4) is 0 Å². The highest BCUT2D eigenvalue weighted by Crippen LogP contribution is 2.19. The maximum Gasteiger partial charge on any atom is 0.242 e. The second-order valence-electron chi connectivity index (χ2n) is 5.98. The fraction of sp³-hybridized carbons (Fsp3) is 0.714. The van der Waals surface area contributed by atoms with Gasteiger partial charge in [-0.05, 0) is 33.8 Å². The van der Waals surface area contributed by atoms with Crippen molar-refractivity contribution in [1.82, 2.24) is 14.6 Å². The molecule has 0 atom stereocenters. The van der Waals surface area contributed by atoms with E-state index >= 15 is 0 Å². The second kappa shape index (κ2) is 6.74. The molecule has 6 heteroatoms. The molecule has 0 aliphatic heterocycles. The zero-order valence-corrected chi connectivity index (χ0v) is 14.1. The van der Waals surface area contributed by atoms with Crippen molar-refractivity contribution in [1.29, 1.82) is 0 Å². The molecule has 0 aromatic carbocycles. The van der Waals surface area contributed by atoms with Crippen molar-refractivity contribution in [2.75, 3.05) is 0 Å². The SMILES string of the molecule is CC(C)NCc1cc(S(=O)(=O)NC(C)C)cn1C(C)C. The van der Waals surface area contributed by atoms with Crippen molar-refractivity contribution in [3.63, 3.8) is 0 Å². The largest absolute Gasteiger partial charge is 0.346 e. The lowest BCUT2D eigenvalue weighted by molar-refractivity contribution is 0.525. The molecule has 1 aromatic heterocycles. The van der Waals surface area contributed by atoms with Crippen LogP contribution in [0.15, 0.2) is 17.2 Å². The summed E-state index contributed by atoms with van der Waals surface area (Å²) in [4.78, 5) is 0.334. The molecule has 0 unspecified atom stereocenters. The van der Waals surface area contributed by atoms with Gasteiger partial charge in [0.15, 0.2) is 0 Å². The lowest BCUT2D eigenvalue weighted by atomic mass is 10.3. The first-order valence-corrected chi connectivity index (χ1v) is 8.58. The zero-order valence-electron chi connectivity index (χ0n) is 13.3. The quantitative estimate of drug-likeness (QED) is 0.812. The number of hydrogen-bond donors (Lipinski definition) is 2. The van der Waals surface area contributed by atoms with E-state index in [1.165, 1.54) is 0 Å². The Bertz CT molecular complexity index is 531. The van der Waals surface area contributed by atoms with Crippen LogP contribution in [0.5, 0.6) is 0 Å². The van der Waals surface area contributed by atoms with E-state index in [4.69, 9.17) is 0 Å². The van der Waals surface area contributed by atoms with E-state index in [0.29, 0.717) is 17.5 Å². The summed E-state index contributed by atoms with van der Waals surface area (Å²) in [5.41, 5.74) is 0.984. The van der Waals surface area contributed by atoms with Crippen molar-refractivity contribution in [3.05, 3.63) is 18.0 Å². The smallest absolute Gasteiger partial charge is 0.242 e. The molecule has 0 aliphatic carbocycles. The minimum absolute atomic E-state index is 0.111. The molecule has 116 valence electrons. The highest BCUT2D eigenvalue weighted by atomic mass is 32.2. The van der Waals surface area contributed by atoms with Gasteiger partial charge >= 0.3 is 0 Å². The van der Waals surface area contributed by atoms with E-state index in [9.17, 15) is 8.42 Å². The summed E-state index contributed by atoms with van der Waals surface area (Å²) in [6.07, 6.45) is 1.72. The summed E-state index contributed by atoms with van der Waals surface area (Å²) in [6.45, 7) is 12.5. The van der Waals surface area contributed by atoms with Crippen LogP contribution >= 0.6 is 0 Å². The number of sulfonamides is 1. The zero-order chi connectivity index (χ0) is 15.5. The Labute approximate surface area is 122 Å². The predicted octanol–water partition coefficient (Wildman–Crippen LogP) is 2.25. The van der Waals surface area contributed by atoms with Crippen LogP contribution < -0.4 is 10.0 Å². The summed E-state index contributed by atoms with van der Waals surface area (Å²) in [5.74, 6) is 0. The van der Waals surface area contributed by atoms with E-state index in [1.54, 1.807) is 12.3 Å². The highest BCUT2D eigenvalue weighted by molar-refractivity contribution is 7.89. The van der Waals surface area contributed by atoms with Crippen molar-refractivity contribution < 1.29 is 8.42 Å². The second-order valence-corrected chi connectivity index (χ2v) is 7.69. The Kier molecular flexibility index (Phi) is 5.79. The Morgan fingerprint density at radius 3 is 2.15 bits per heavy atom. The van der Waals surface area contributed by atoms with Crippen molar-refractivity contribution in [3.8, 4) is 0 Å². The summed E-state index contributed by atoms with van der Waals surface area (Å²) in [5, 5.41) is 3.33. The van der Waals surface area contributed by atoms with Crippen molar-refractivity contribution in [2.45, 2.75) is 71.1 Å². The first-order valence-electron chi connectivity index (χ1n) is 7.10. The van der Waals surface area contributed by atoms with E-state index in [1.807, 2.05) is 32.3 Å². The van der Waals surface area contributed by atoms with E-state index < -0.39 is 10.0 Å². The third-order valence-electron chi connectivity index (χ3n) is 2.86. The molecule has 20 heavy (non-hydrogen) atoms. The van der Waals surface area contributed by atoms with Gasteiger partial charge in [0, 0.05) is 36.6 Å². The van der Waals surface area contributed by atoms with E-state index in [2.05, 4.69) is 23.9 Å². The van der Waals surface area contributed by atoms with Gasteiger partial charge in [0.05, 0.1) is 4.90 Å². The molecule has 0 aliphatic rings. The maximum absolute atomic E-state index is 12.2. The van der Waals surface area contributed by atoms with Crippen LogP contribution in [0, 0.1) is 0 Å². The molecule has 1 rings (SSSR count). The fourth-order valence-corrected chi connectivity index (χ4v) is 3.25. The first-order chi connectivity index (χ1) is 9.13. The minimum Gasteiger partial charge on any atom is -0.346 e. The summed E-state index contributed by atoms with van der Waals surface area (Å²) in [6, 6.07) is 2.22. The Morgan fingerprint density at radius 2 is 1.70 bits per heavy atom. The lowest BCUT2D eigenvalue weighted by Gasteiger charge is -2.14. The Morgan fingerprint density at radius 1 is 1.10 bits per heavy atom. The van der Waals surface area contributed by atoms with Gasteiger partial charge in [-0.1, -0.05) is 13.8 Å². The predicted molar refractivity (Wildman–Crippen MR) is 82.3 cm³/mol. The fourth-order valence-electron chi connectivity index (χ4n) is 1.95. The molecule has 0 bridgehead atoms. The molecule has 2 N–H and O–H groups in total. The molecule has 1 heterocycles.